The molecule has 1 amide bonds. The Balaban J connectivity index is 2.05. The Morgan fingerprint density at radius 1 is 1.15 bits per heavy atom. The molecule has 0 aliphatic carbocycles. The van der Waals surface area contributed by atoms with E-state index in [-0.39, 0.29) is 11.3 Å². The summed E-state index contributed by atoms with van der Waals surface area (Å²) in [6, 6.07) is 13.2. The van der Waals surface area contributed by atoms with Crippen molar-refractivity contribution in [1.82, 2.24) is 9.80 Å². The average Bonchev–Trinajstić information content (AvgIpc) is 3.02. The van der Waals surface area contributed by atoms with Crippen molar-refractivity contribution in [2.24, 2.45) is 5.92 Å². The lowest BCUT2D eigenvalue weighted by Crippen LogP contribution is -2.35. The second-order valence-electron chi connectivity index (χ2n) is 8.91. The Morgan fingerprint density at radius 2 is 1.85 bits per heavy atom. The Labute approximate surface area is 200 Å². The van der Waals surface area contributed by atoms with Crippen molar-refractivity contribution in [1.29, 1.82) is 0 Å². The van der Waals surface area contributed by atoms with Crippen LogP contribution >= 0.6 is 11.6 Å². The monoisotopic (exact) mass is 470 g/mol. The first-order valence-electron chi connectivity index (χ1n) is 11.1. The molecule has 0 radical (unpaired) electrons. The van der Waals surface area contributed by atoms with Gasteiger partial charge in [-0.15, -0.1) is 0 Å². The molecule has 1 unspecified atom stereocenters. The van der Waals surface area contributed by atoms with E-state index in [4.69, 9.17) is 16.3 Å². The number of benzene rings is 2. The van der Waals surface area contributed by atoms with Gasteiger partial charge in [0, 0.05) is 23.7 Å². The Morgan fingerprint density at radius 3 is 2.48 bits per heavy atom. The summed E-state index contributed by atoms with van der Waals surface area (Å²) in [6.45, 7) is 5.77. The Hall–Kier alpha value is -2.83. The molecule has 7 heteroatoms. The van der Waals surface area contributed by atoms with E-state index in [1.807, 2.05) is 43.3 Å². The second-order valence-corrected chi connectivity index (χ2v) is 9.34. The molecular weight excluding hydrogens is 440 g/mol. The van der Waals surface area contributed by atoms with Crippen LogP contribution in [0.4, 0.5) is 0 Å². The van der Waals surface area contributed by atoms with Crippen molar-refractivity contribution in [3.05, 3.63) is 70.3 Å². The standard InChI is InChI=1S/C26H31ClN2O4/c1-17(2)12-15-33-21-7-5-6-19(16-21)23-22(24(30)18-8-10-20(27)11-9-18)25(31)26(32)29(23)14-13-28(3)4/h5-11,16-17,23,30H,12-15H2,1-4H3. The smallest absolute Gasteiger partial charge is 0.295 e. The minimum Gasteiger partial charge on any atom is -0.507 e. The fourth-order valence-corrected chi connectivity index (χ4v) is 3.84. The van der Waals surface area contributed by atoms with Crippen molar-refractivity contribution in [2.75, 3.05) is 33.8 Å². The summed E-state index contributed by atoms with van der Waals surface area (Å²) < 4.78 is 5.91. The third kappa shape index (κ3) is 5.95. The molecular formula is C26H31ClN2O4. The molecule has 1 heterocycles. The first-order valence-corrected chi connectivity index (χ1v) is 11.5. The predicted molar refractivity (Wildman–Crippen MR) is 130 cm³/mol. The average molecular weight is 471 g/mol. The van der Waals surface area contributed by atoms with E-state index in [1.165, 1.54) is 4.90 Å². The van der Waals surface area contributed by atoms with Crippen LogP contribution in [0.15, 0.2) is 54.1 Å². The van der Waals surface area contributed by atoms with Gasteiger partial charge in [0.05, 0.1) is 18.2 Å². The molecule has 0 spiro atoms. The minimum atomic E-state index is -0.714. The lowest BCUT2D eigenvalue weighted by Gasteiger charge is -2.27. The molecule has 1 fully saturated rings. The van der Waals surface area contributed by atoms with Gasteiger partial charge in [0.1, 0.15) is 11.5 Å². The number of hydrogen-bond acceptors (Lipinski definition) is 5. The van der Waals surface area contributed by atoms with Crippen LogP contribution in [0.3, 0.4) is 0 Å². The van der Waals surface area contributed by atoms with Gasteiger partial charge >= 0.3 is 0 Å². The van der Waals surface area contributed by atoms with E-state index >= 15 is 0 Å². The number of likely N-dealkylation sites (tertiary alicyclic amines) is 1. The lowest BCUT2D eigenvalue weighted by molar-refractivity contribution is -0.140. The highest BCUT2D eigenvalue weighted by Gasteiger charge is 2.46. The third-order valence-corrected chi connectivity index (χ3v) is 5.84. The van der Waals surface area contributed by atoms with Crippen LogP contribution in [0.2, 0.25) is 5.02 Å². The zero-order chi connectivity index (χ0) is 24.1. The van der Waals surface area contributed by atoms with Gasteiger partial charge in [-0.1, -0.05) is 37.6 Å². The van der Waals surface area contributed by atoms with Gasteiger partial charge in [-0.2, -0.15) is 0 Å². The summed E-state index contributed by atoms with van der Waals surface area (Å²) in [6.07, 6.45) is 0.919. The van der Waals surface area contributed by atoms with Gasteiger partial charge < -0.3 is 19.6 Å². The van der Waals surface area contributed by atoms with Crippen molar-refractivity contribution < 1.29 is 19.4 Å². The maximum atomic E-state index is 13.1. The van der Waals surface area contributed by atoms with Crippen LogP contribution < -0.4 is 4.74 Å². The van der Waals surface area contributed by atoms with Crippen LogP contribution in [0, 0.1) is 5.92 Å². The number of carbonyl (C=O) groups is 2. The van der Waals surface area contributed by atoms with Crippen molar-refractivity contribution in [3.63, 3.8) is 0 Å². The second kappa shape index (κ2) is 10.9. The highest BCUT2D eigenvalue weighted by Crippen LogP contribution is 2.40. The number of aliphatic hydroxyl groups excluding tert-OH is 1. The maximum absolute atomic E-state index is 13.1. The number of hydrogen-bond donors (Lipinski definition) is 1. The number of Topliss-reactive ketones (excluding diaryl/α,β-unsaturated/α-hetero) is 1. The predicted octanol–water partition coefficient (Wildman–Crippen LogP) is 4.75. The topological polar surface area (TPSA) is 70.1 Å². The molecule has 0 saturated carbocycles. The number of carbonyl (C=O) groups excluding carboxylic acids is 2. The summed E-state index contributed by atoms with van der Waals surface area (Å²) in [5.74, 6) is -0.349. The molecule has 6 nitrogen and oxygen atoms in total. The number of ether oxygens (including phenoxy) is 1. The van der Waals surface area contributed by atoms with Gasteiger partial charge in [-0.05, 0) is 68.4 Å². The van der Waals surface area contributed by atoms with E-state index < -0.39 is 17.7 Å². The Bertz CT molecular complexity index is 1030. The normalized spacial score (nSPS) is 17.9. The number of likely N-dealkylation sites (N-methyl/N-ethyl adjacent to an activating group) is 1. The largest absolute Gasteiger partial charge is 0.507 e. The van der Waals surface area contributed by atoms with Crippen molar-refractivity contribution >= 4 is 29.1 Å². The van der Waals surface area contributed by atoms with Crippen LogP contribution in [0.1, 0.15) is 37.4 Å². The van der Waals surface area contributed by atoms with E-state index in [0.29, 0.717) is 47.5 Å². The van der Waals surface area contributed by atoms with Gasteiger partial charge in [-0.3, -0.25) is 9.59 Å². The minimum absolute atomic E-state index is 0.0698. The molecule has 33 heavy (non-hydrogen) atoms. The van der Waals surface area contributed by atoms with Crippen LogP contribution in [0.25, 0.3) is 5.76 Å². The number of amides is 1. The number of ketones is 1. The van der Waals surface area contributed by atoms with Crippen LogP contribution in [0.5, 0.6) is 5.75 Å². The van der Waals surface area contributed by atoms with Gasteiger partial charge in [0.2, 0.25) is 0 Å². The maximum Gasteiger partial charge on any atom is 0.295 e. The highest BCUT2D eigenvalue weighted by atomic mass is 35.5. The summed E-state index contributed by atoms with van der Waals surface area (Å²) in [4.78, 5) is 29.5. The lowest BCUT2D eigenvalue weighted by atomic mass is 9.95. The first kappa shape index (κ1) is 24.8. The number of nitrogens with zero attached hydrogens (tertiary/aromatic N) is 2. The summed E-state index contributed by atoms with van der Waals surface area (Å²) in [5, 5.41) is 11.6. The molecule has 2 aromatic rings. The summed E-state index contributed by atoms with van der Waals surface area (Å²) in [5.41, 5.74) is 1.21. The first-order chi connectivity index (χ1) is 15.7. The molecule has 3 rings (SSSR count). The molecule has 1 atom stereocenters. The fraction of sp³-hybridized carbons (Fsp3) is 0.385. The van der Waals surface area contributed by atoms with E-state index in [1.54, 1.807) is 24.3 Å². The molecule has 1 aliphatic rings. The van der Waals surface area contributed by atoms with Gasteiger partial charge in [0.15, 0.2) is 0 Å². The SMILES string of the molecule is CC(C)CCOc1cccc(C2C(=C(O)c3ccc(Cl)cc3)C(=O)C(=O)N2CCN(C)C)c1. The van der Waals surface area contributed by atoms with Crippen LogP contribution in [-0.4, -0.2) is 60.4 Å². The number of rotatable bonds is 9. The number of halogens is 1. The molecule has 0 aromatic heterocycles. The zero-order valence-electron chi connectivity index (χ0n) is 19.5. The fourth-order valence-electron chi connectivity index (χ4n) is 3.72. The van der Waals surface area contributed by atoms with E-state index in [2.05, 4.69) is 13.8 Å². The van der Waals surface area contributed by atoms with Crippen molar-refractivity contribution in [3.8, 4) is 5.75 Å². The zero-order valence-corrected chi connectivity index (χ0v) is 20.3. The third-order valence-electron chi connectivity index (χ3n) is 5.58. The van der Waals surface area contributed by atoms with Gasteiger partial charge in [0.25, 0.3) is 11.7 Å². The highest BCUT2D eigenvalue weighted by molar-refractivity contribution is 6.46. The van der Waals surface area contributed by atoms with E-state index in [9.17, 15) is 14.7 Å². The summed E-state index contributed by atoms with van der Waals surface area (Å²) >= 11 is 5.98. The Kier molecular flexibility index (Phi) is 8.16. The molecule has 1 N–H and O–H groups in total. The quantitative estimate of drug-likeness (QED) is 0.325. The molecule has 0 bridgehead atoms. The molecule has 1 saturated heterocycles. The number of aliphatic hydroxyl groups is 1. The summed E-state index contributed by atoms with van der Waals surface area (Å²) in [7, 11) is 3.81. The van der Waals surface area contributed by atoms with Crippen molar-refractivity contribution in [2.45, 2.75) is 26.3 Å². The van der Waals surface area contributed by atoms with E-state index in [0.717, 1.165) is 6.42 Å². The van der Waals surface area contributed by atoms with Crippen LogP contribution in [-0.2, 0) is 9.59 Å². The molecule has 2 aromatic carbocycles. The molecule has 1 aliphatic heterocycles. The van der Waals surface area contributed by atoms with Gasteiger partial charge in [-0.25, -0.2) is 0 Å². The molecule has 176 valence electrons.